The van der Waals surface area contributed by atoms with Crippen molar-refractivity contribution in [2.75, 3.05) is 6.61 Å². The minimum Gasteiger partial charge on any atom is -0.478 e. The van der Waals surface area contributed by atoms with Crippen molar-refractivity contribution in [3.8, 4) is 5.75 Å². The molecule has 0 aliphatic carbocycles. The number of ether oxygens (including phenoxy) is 2. The van der Waals surface area contributed by atoms with Crippen LogP contribution in [0.5, 0.6) is 5.75 Å². The Labute approximate surface area is 120 Å². The first-order valence-electron chi connectivity index (χ1n) is 7.16. The molecule has 110 valence electrons. The largest absolute Gasteiger partial charge is 0.478 e. The zero-order chi connectivity index (χ0) is 14.6. The molecule has 1 heterocycles. The van der Waals surface area contributed by atoms with Gasteiger partial charge in [0.1, 0.15) is 5.75 Å². The van der Waals surface area contributed by atoms with Crippen LogP contribution in [0.15, 0.2) is 30.3 Å². The van der Waals surface area contributed by atoms with Crippen molar-refractivity contribution in [3.63, 3.8) is 0 Å². The predicted molar refractivity (Wildman–Crippen MR) is 77.7 cm³/mol. The van der Waals surface area contributed by atoms with Crippen LogP contribution in [0, 0.1) is 0 Å². The van der Waals surface area contributed by atoms with Crippen molar-refractivity contribution >= 4 is 5.91 Å². The summed E-state index contributed by atoms with van der Waals surface area (Å²) in [6.07, 6.45) is 2.18. The standard InChI is InChI=1S/C16H23NO3/c1-12(14-10-7-11-19-14)17-15(18)16(2,3)20-13-8-5-4-6-9-13/h4-6,8-9,12,14H,7,10-11H2,1-3H3,(H,17,18)/t12-,14+/m1/s1. The molecule has 4 heteroatoms. The molecule has 0 bridgehead atoms. The first kappa shape index (κ1) is 14.9. The number of hydrogen-bond acceptors (Lipinski definition) is 3. The van der Waals surface area contributed by atoms with Gasteiger partial charge in [0, 0.05) is 6.61 Å². The fourth-order valence-electron chi connectivity index (χ4n) is 2.30. The van der Waals surface area contributed by atoms with Gasteiger partial charge in [-0.25, -0.2) is 0 Å². The molecule has 1 aromatic carbocycles. The lowest BCUT2D eigenvalue weighted by atomic mass is 10.1. The summed E-state index contributed by atoms with van der Waals surface area (Å²) < 4.78 is 11.4. The van der Waals surface area contributed by atoms with Crippen LogP contribution in [0.1, 0.15) is 33.6 Å². The number of rotatable bonds is 5. The van der Waals surface area contributed by atoms with Crippen molar-refractivity contribution in [2.45, 2.75) is 51.4 Å². The second kappa shape index (κ2) is 6.27. The third-order valence-corrected chi connectivity index (χ3v) is 3.54. The molecule has 0 saturated carbocycles. The summed E-state index contributed by atoms with van der Waals surface area (Å²) in [5.74, 6) is 0.571. The highest BCUT2D eigenvalue weighted by atomic mass is 16.5. The van der Waals surface area contributed by atoms with Gasteiger partial charge >= 0.3 is 0 Å². The lowest BCUT2D eigenvalue weighted by Gasteiger charge is -2.28. The molecule has 1 amide bonds. The Morgan fingerprint density at radius 2 is 2.10 bits per heavy atom. The van der Waals surface area contributed by atoms with Crippen LogP contribution >= 0.6 is 0 Å². The third-order valence-electron chi connectivity index (χ3n) is 3.54. The van der Waals surface area contributed by atoms with E-state index in [2.05, 4.69) is 5.32 Å². The van der Waals surface area contributed by atoms with E-state index in [-0.39, 0.29) is 18.1 Å². The number of benzene rings is 1. The Balaban J connectivity index is 1.92. The van der Waals surface area contributed by atoms with E-state index in [0.29, 0.717) is 5.75 Å². The van der Waals surface area contributed by atoms with E-state index in [1.165, 1.54) is 0 Å². The van der Waals surface area contributed by atoms with Gasteiger partial charge in [0.25, 0.3) is 5.91 Å². The van der Waals surface area contributed by atoms with Crippen molar-refractivity contribution < 1.29 is 14.3 Å². The first-order chi connectivity index (χ1) is 9.49. The van der Waals surface area contributed by atoms with E-state index in [0.717, 1.165) is 19.4 Å². The minimum atomic E-state index is -0.909. The van der Waals surface area contributed by atoms with Gasteiger partial charge in [-0.1, -0.05) is 18.2 Å². The van der Waals surface area contributed by atoms with Gasteiger partial charge in [0.05, 0.1) is 12.1 Å². The fourth-order valence-corrected chi connectivity index (χ4v) is 2.30. The van der Waals surface area contributed by atoms with Crippen molar-refractivity contribution in [2.24, 2.45) is 0 Å². The van der Waals surface area contributed by atoms with E-state index in [1.807, 2.05) is 37.3 Å². The molecule has 2 rings (SSSR count). The first-order valence-corrected chi connectivity index (χ1v) is 7.16. The number of carbonyl (C=O) groups excluding carboxylic acids is 1. The predicted octanol–water partition coefficient (Wildman–Crippen LogP) is 2.53. The summed E-state index contributed by atoms with van der Waals surface area (Å²) in [5, 5.41) is 2.99. The maximum absolute atomic E-state index is 12.3. The SMILES string of the molecule is C[C@@H](NC(=O)C(C)(C)Oc1ccccc1)[C@@H]1CCCO1. The van der Waals surface area contributed by atoms with Crippen molar-refractivity contribution in [3.05, 3.63) is 30.3 Å². The zero-order valence-electron chi connectivity index (χ0n) is 12.4. The van der Waals surface area contributed by atoms with Gasteiger partial charge in [-0.2, -0.15) is 0 Å². The molecule has 1 aliphatic heterocycles. The quantitative estimate of drug-likeness (QED) is 0.899. The lowest BCUT2D eigenvalue weighted by molar-refractivity contribution is -0.135. The molecule has 1 N–H and O–H groups in total. The molecule has 2 atom stereocenters. The summed E-state index contributed by atoms with van der Waals surface area (Å²) in [6.45, 7) is 6.32. The van der Waals surface area contributed by atoms with Crippen LogP contribution in [0.2, 0.25) is 0 Å². The molecule has 0 unspecified atom stereocenters. The second-order valence-electron chi connectivity index (χ2n) is 5.74. The summed E-state index contributed by atoms with van der Waals surface area (Å²) in [4.78, 5) is 12.3. The Hall–Kier alpha value is -1.55. The molecule has 1 aliphatic rings. The zero-order valence-corrected chi connectivity index (χ0v) is 12.4. The third kappa shape index (κ3) is 3.73. The maximum atomic E-state index is 12.3. The van der Waals surface area contributed by atoms with Crippen LogP contribution in [0.4, 0.5) is 0 Å². The smallest absolute Gasteiger partial charge is 0.263 e. The summed E-state index contributed by atoms with van der Waals surface area (Å²) in [7, 11) is 0. The summed E-state index contributed by atoms with van der Waals surface area (Å²) in [5.41, 5.74) is -0.909. The Morgan fingerprint density at radius 3 is 2.70 bits per heavy atom. The van der Waals surface area contributed by atoms with Crippen molar-refractivity contribution in [1.82, 2.24) is 5.32 Å². The maximum Gasteiger partial charge on any atom is 0.263 e. The molecule has 0 spiro atoms. The number of carbonyl (C=O) groups is 1. The Morgan fingerprint density at radius 1 is 1.40 bits per heavy atom. The van der Waals surface area contributed by atoms with Gasteiger partial charge in [0.2, 0.25) is 0 Å². The Kier molecular flexibility index (Phi) is 4.65. The second-order valence-corrected chi connectivity index (χ2v) is 5.74. The highest BCUT2D eigenvalue weighted by Crippen LogP contribution is 2.20. The lowest BCUT2D eigenvalue weighted by Crippen LogP contribution is -2.52. The van der Waals surface area contributed by atoms with E-state index in [4.69, 9.17) is 9.47 Å². The van der Waals surface area contributed by atoms with Crippen LogP contribution < -0.4 is 10.1 Å². The molecule has 0 radical (unpaired) electrons. The van der Waals surface area contributed by atoms with Crippen LogP contribution in [-0.2, 0) is 9.53 Å². The average Bonchev–Trinajstić information content (AvgIpc) is 2.93. The molecular formula is C16H23NO3. The minimum absolute atomic E-state index is 0.00338. The summed E-state index contributed by atoms with van der Waals surface area (Å²) >= 11 is 0. The number of hydrogen-bond donors (Lipinski definition) is 1. The van der Waals surface area contributed by atoms with Gasteiger partial charge in [-0.15, -0.1) is 0 Å². The van der Waals surface area contributed by atoms with Crippen LogP contribution in [0.3, 0.4) is 0 Å². The molecular weight excluding hydrogens is 254 g/mol. The highest BCUT2D eigenvalue weighted by Gasteiger charge is 2.33. The van der Waals surface area contributed by atoms with Crippen molar-refractivity contribution in [1.29, 1.82) is 0 Å². The van der Waals surface area contributed by atoms with E-state index < -0.39 is 5.60 Å². The molecule has 1 fully saturated rings. The van der Waals surface area contributed by atoms with Gasteiger partial charge in [-0.3, -0.25) is 4.79 Å². The highest BCUT2D eigenvalue weighted by molar-refractivity contribution is 5.85. The normalized spacial score (nSPS) is 20.4. The monoisotopic (exact) mass is 277 g/mol. The molecule has 4 nitrogen and oxygen atoms in total. The van der Waals surface area contributed by atoms with E-state index >= 15 is 0 Å². The Bertz CT molecular complexity index is 438. The molecule has 20 heavy (non-hydrogen) atoms. The van der Waals surface area contributed by atoms with Crippen LogP contribution in [-0.4, -0.2) is 30.3 Å². The number of amides is 1. The molecule has 0 aromatic heterocycles. The van der Waals surface area contributed by atoms with Gasteiger partial charge in [0.15, 0.2) is 5.60 Å². The topological polar surface area (TPSA) is 47.6 Å². The molecule has 1 aromatic rings. The fraction of sp³-hybridized carbons (Fsp3) is 0.562. The summed E-state index contributed by atoms with van der Waals surface area (Å²) in [6, 6.07) is 9.39. The van der Waals surface area contributed by atoms with Gasteiger partial charge < -0.3 is 14.8 Å². The average molecular weight is 277 g/mol. The van der Waals surface area contributed by atoms with Gasteiger partial charge in [-0.05, 0) is 45.7 Å². The van der Waals surface area contributed by atoms with E-state index in [9.17, 15) is 4.79 Å². The number of para-hydroxylation sites is 1. The van der Waals surface area contributed by atoms with E-state index in [1.54, 1.807) is 13.8 Å². The number of nitrogens with one attached hydrogen (secondary N) is 1. The van der Waals surface area contributed by atoms with Crippen LogP contribution in [0.25, 0.3) is 0 Å². The molecule has 1 saturated heterocycles.